The van der Waals surface area contributed by atoms with E-state index in [1.807, 2.05) is 13.0 Å². The molecular weight excluding hydrogens is 230 g/mol. The van der Waals surface area contributed by atoms with Gasteiger partial charge >= 0.3 is 0 Å². The van der Waals surface area contributed by atoms with Crippen molar-refractivity contribution in [2.24, 2.45) is 5.41 Å². The zero-order valence-corrected chi connectivity index (χ0v) is 11.5. The van der Waals surface area contributed by atoms with E-state index in [1.165, 1.54) is 0 Å². The Morgan fingerprint density at radius 1 is 1.53 bits per heavy atom. The first kappa shape index (κ1) is 13.5. The van der Waals surface area contributed by atoms with E-state index in [1.54, 1.807) is 11.3 Å². The number of carbonyl (C=O) groups is 1. The fourth-order valence-electron chi connectivity index (χ4n) is 1.19. The molecule has 0 aliphatic rings. The molecule has 0 aliphatic heterocycles. The minimum atomic E-state index is -0.0222. The number of allylic oxidation sites excluding steroid dienone is 1. The monoisotopic (exact) mass is 247 g/mol. The van der Waals surface area contributed by atoms with Gasteiger partial charge in [0.2, 0.25) is 6.41 Å². The molecule has 0 fully saturated rings. The van der Waals surface area contributed by atoms with E-state index in [0.717, 1.165) is 21.0 Å². The van der Waals surface area contributed by atoms with Crippen LogP contribution < -0.4 is 5.32 Å². The fraction of sp³-hybridized carbons (Fsp3) is 0.357. The van der Waals surface area contributed by atoms with Crippen LogP contribution in [0.3, 0.4) is 0 Å². The lowest BCUT2D eigenvalue weighted by atomic mass is 9.98. The molecule has 0 aliphatic carbocycles. The van der Waals surface area contributed by atoms with Gasteiger partial charge in [0.15, 0.2) is 0 Å². The van der Waals surface area contributed by atoms with E-state index in [0.29, 0.717) is 6.41 Å². The Kier molecular flexibility index (Phi) is 4.14. The molecule has 0 bridgehead atoms. The summed E-state index contributed by atoms with van der Waals surface area (Å²) in [5.41, 5.74) is 1.70. The molecule has 2 nitrogen and oxygen atoms in total. The van der Waals surface area contributed by atoms with Crippen molar-refractivity contribution in [1.82, 2.24) is 0 Å². The molecule has 0 atom stereocenters. The second-order valence-corrected chi connectivity index (χ2v) is 5.95. The van der Waals surface area contributed by atoms with Gasteiger partial charge in [-0.15, -0.1) is 11.3 Å². The molecule has 1 heterocycles. The van der Waals surface area contributed by atoms with Gasteiger partial charge < -0.3 is 5.32 Å². The third kappa shape index (κ3) is 4.08. The van der Waals surface area contributed by atoms with Gasteiger partial charge in [-0.1, -0.05) is 18.4 Å². The summed E-state index contributed by atoms with van der Waals surface area (Å²) in [4.78, 5) is 12.4. The van der Waals surface area contributed by atoms with Crippen molar-refractivity contribution in [3.8, 4) is 11.8 Å². The maximum atomic E-state index is 10.5. The summed E-state index contributed by atoms with van der Waals surface area (Å²) in [7, 11) is 0. The van der Waals surface area contributed by atoms with Crippen LogP contribution in [-0.2, 0) is 4.79 Å². The zero-order chi connectivity index (χ0) is 13.1. The molecule has 3 heteroatoms. The van der Waals surface area contributed by atoms with Crippen molar-refractivity contribution in [2.45, 2.75) is 27.7 Å². The number of thiophene rings is 1. The lowest BCUT2D eigenvalue weighted by Crippen LogP contribution is -1.98. The van der Waals surface area contributed by atoms with Crippen LogP contribution in [0, 0.1) is 17.3 Å². The van der Waals surface area contributed by atoms with Gasteiger partial charge in [-0.3, -0.25) is 4.79 Å². The van der Waals surface area contributed by atoms with Crippen molar-refractivity contribution in [1.29, 1.82) is 0 Å². The topological polar surface area (TPSA) is 29.1 Å². The predicted molar refractivity (Wildman–Crippen MR) is 75.0 cm³/mol. The number of carbonyl (C=O) groups excluding carboxylic acids is 1. The van der Waals surface area contributed by atoms with Gasteiger partial charge in [0.1, 0.15) is 0 Å². The molecule has 0 saturated carbocycles. The first-order chi connectivity index (χ1) is 7.83. The maximum absolute atomic E-state index is 10.5. The summed E-state index contributed by atoms with van der Waals surface area (Å²) < 4.78 is 0. The standard InChI is InChI=1S/C14H17NOS/c1-10(2)13-12(15-9-16)8-11(17-13)6-7-14(3,4)5/h8-9H,1H2,2-5H3,(H,15,16). The quantitative estimate of drug-likeness (QED) is 0.639. The van der Waals surface area contributed by atoms with Crippen molar-refractivity contribution in [2.75, 3.05) is 5.32 Å². The highest BCUT2D eigenvalue weighted by molar-refractivity contribution is 7.14. The normalized spacial score (nSPS) is 10.4. The largest absolute Gasteiger partial charge is 0.327 e. The molecule has 0 spiro atoms. The minimum Gasteiger partial charge on any atom is -0.327 e. The van der Waals surface area contributed by atoms with E-state index in [9.17, 15) is 4.79 Å². The van der Waals surface area contributed by atoms with Crippen LogP contribution in [0.2, 0.25) is 0 Å². The second-order valence-electron chi connectivity index (χ2n) is 4.90. The molecule has 0 aromatic carbocycles. The predicted octanol–water partition coefficient (Wildman–Crippen LogP) is 3.75. The highest BCUT2D eigenvalue weighted by Crippen LogP contribution is 2.31. The first-order valence-corrected chi connectivity index (χ1v) is 6.18. The molecule has 90 valence electrons. The highest BCUT2D eigenvalue weighted by atomic mass is 32.1. The van der Waals surface area contributed by atoms with E-state index in [4.69, 9.17) is 0 Å². The van der Waals surface area contributed by atoms with Gasteiger partial charge in [-0.05, 0) is 39.3 Å². The Morgan fingerprint density at radius 3 is 2.65 bits per heavy atom. The summed E-state index contributed by atoms with van der Waals surface area (Å²) in [5, 5.41) is 2.68. The molecule has 0 radical (unpaired) electrons. The van der Waals surface area contributed by atoms with Crippen LogP contribution in [0.4, 0.5) is 5.69 Å². The van der Waals surface area contributed by atoms with Crippen LogP contribution >= 0.6 is 11.3 Å². The van der Waals surface area contributed by atoms with E-state index < -0.39 is 0 Å². The number of amides is 1. The Hall–Kier alpha value is -1.53. The number of rotatable bonds is 3. The number of anilines is 1. The third-order valence-electron chi connectivity index (χ3n) is 1.89. The Morgan fingerprint density at radius 2 is 2.18 bits per heavy atom. The lowest BCUT2D eigenvalue weighted by molar-refractivity contribution is -0.105. The Balaban J connectivity index is 3.11. The summed E-state index contributed by atoms with van der Waals surface area (Å²) in [6, 6.07) is 1.89. The van der Waals surface area contributed by atoms with Crippen LogP contribution in [0.5, 0.6) is 0 Å². The van der Waals surface area contributed by atoms with Crippen molar-refractivity contribution in [3.63, 3.8) is 0 Å². The fourth-order valence-corrected chi connectivity index (χ4v) is 2.09. The number of hydrogen-bond acceptors (Lipinski definition) is 2. The van der Waals surface area contributed by atoms with Crippen molar-refractivity contribution in [3.05, 3.63) is 22.4 Å². The lowest BCUT2D eigenvalue weighted by Gasteiger charge is -2.06. The summed E-state index contributed by atoms with van der Waals surface area (Å²) in [5.74, 6) is 6.30. The van der Waals surface area contributed by atoms with Crippen LogP contribution in [0.1, 0.15) is 37.4 Å². The van der Waals surface area contributed by atoms with E-state index in [2.05, 4.69) is 44.5 Å². The molecular formula is C14H17NOS. The summed E-state index contributed by atoms with van der Waals surface area (Å²) in [6.45, 7) is 12.0. The molecule has 1 amide bonds. The van der Waals surface area contributed by atoms with Gasteiger partial charge in [0.05, 0.1) is 15.4 Å². The molecule has 17 heavy (non-hydrogen) atoms. The number of nitrogens with one attached hydrogen (secondary N) is 1. The van der Waals surface area contributed by atoms with Gasteiger partial charge in [-0.25, -0.2) is 0 Å². The Labute approximate surface area is 107 Å². The van der Waals surface area contributed by atoms with Crippen LogP contribution in [0.25, 0.3) is 5.57 Å². The summed E-state index contributed by atoms with van der Waals surface area (Å²) in [6.07, 6.45) is 0.676. The smallest absolute Gasteiger partial charge is 0.211 e. The Bertz CT molecular complexity index is 495. The van der Waals surface area contributed by atoms with E-state index in [-0.39, 0.29) is 5.41 Å². The average Bonchev–Trinajstić information content (AvgIpc) is 2.58. The molecule has 0 unspecified atom stereocenters. The molecule has 1 N–H and O–H groups in total. The van der Waals surface area contributed by atoms with Crippen LogP contribution in [-0.4, -0.2) is 6.41 Å². The SMILES string of the molecule is C=C(C)c1sc(C#CC(C)(C)C)cc1NC=O. The minimum absolute atomic E-state index is 0.0222. The van der Waals surface area contributed by atoms with Gasteiger partial charge in [0, 0.05) is 5.41 Å². The van der Waals surface area contributed by atoms with Crippen molar-refractivity contribution < 1.29 is 4.79 Å². The average molecular weight is 247 g/mol. The molecule has 1 aromatic heterocycles. The van der Waals surface area contributed by atoms with Gasteiger partial charge in [-0.2, -0.15) is 0 Å². The maximum Gasteiger partial charge on any atom is 0.211 e. The third-order valence-corrected chi connectivity index (χ3v) is 3.11. The van der Waals surface area contributed by atoms with Crippen LogP contribution in [0.15, 0.2) is 12.6 Å². The summed E-state index contributed by atoms with van der Waals surface area (Å²) >= 11 is 1.55. The molecule has 1 rings (SSSR count). The van der Waals surface area contributed by atoms with Gasteiger partial charge in [0.25, 0.3) is 0 Å². The zero-order valence-electron chi connectivity index (χ0n) is 10.7. The molecule has 1 aromatic rings. The highest BCUT2D eigenvalue weighted by Gasteiger charge is 2.09. The first-order valence-electron chi connectivity index (χ1n) is 5.36. The molecule has 0 saturated heterocycles. The van der Waals surface area contributed by atoms with E-state index >= 15 is 0 Å². The second kappa shape index (κ2) is 5.20. The van der Waals surface area contributed by atoms with Crippen molar-refractivity contribution >= 4 is 29.0 Å². The number of hydrogen-bond donors (Lipinski definition) is 1.